The Bertz CT molecular complexity index is 424. The summed E-state index contributed by atoms with van der Waals surface area (Å²) >= 11 is 0. The van der Waals surface area contributed by atoms with Gasteiger partial charge in [-0.25, -0.2) is 0 Å². The van der Waals surface area contributed by atoms with Crippen molar-refractivity contribution in [1.82, 2.24) is 4.90 Å². The van der Waals surface area contributed by atoms with Crippen molar-refractivity contribution in [2.24, 2.45) is 5.73 Å². The van der Waals surface area contributed by atoms with Crippen molar-refractivity contribution >= 4 is 11.5 Å². The highest BCUT2D eigenvalue weighted by molar-refractivity contribution is 6.00. The molecular weight excluding hydrogens is 236 g/mol. The van der Waals surface area contributed by atoms with Crippen LogP contribution in [0.15, 0.2) is 24.3 Å². The summed E-state index contributed by atoms with van der Waals surface area (Å²) in [5, 5.41) is 7.63. The summed E-state index contributed by atoms with van der Waals surface area (Å²) in [6.45, 7) is 4.69. The summed E-state index contributed by atoms with van der Waals surface area (Å²) in [5.41, 5.74) is 7.51. The van der Waals surface area contributed by atoms with E-state index in [0.717, 1.165) is 24.2 Å². The lowest BCUT2D eigenvalue weighted by Gasteiger charge is -2.23. The molecular formula is C15H24N4. The minimum atomic E-state index is 0.141. The molecule has 2 rings (SSSR count). The topological polar surface area (TPSA) is 56.4 Å². The number of nitrogen functional groups attached to an aromatic ring is 1. The highest BCUT2D eigenvalue weighted by Crippen LogP contribution is 2.19. The maximum absolute atomic E-state index is 7.63. The van der Waals surface area contributed by atoms with Crippen molar-refractivity contribution in [2.75, 3.05) is 38.1 Å². The van der Waals surface area contributed by atoms with E-state index in [1.165, 1.54) is 32.5 Å². The molecule has 0 spiro atoms. The summed E-state index contributed by atoms with van der Waals surface area (Å²) in [7, 11) is 2.08. The number of benzene rings is 1. The molecule has 1 heterocycles. The summed E-state index contributed by atoms with van der Waals surface area (Å²) in [5.74, 6) is 0.141. The first-order valence-corrected chi connectivity index (χ1v) is 7.05. The van der Waals surface area contributed by atoms with E-state index in [1.807, 2.05) is 24.3 Å². The van der Waals surface area contributed by atoms with Crippen LogP contribution in [-0.2, 0) is 0 Å². The van der Waals surface area contributed by atoms with Crippen LogP contribution in [0, 0.1) is 5.41 Å². The van der Waals surface area contributed by atoms with E-state index in [1.54, 1.807) is 0 Å². The summed E-state index contributed by atoms with van der Waals surface area (Å²) in [6, 6.07) is 7.87. The van der Waals surface area contributed by atoms with Crippen molar-refractivity contribution in [3.63, 3.8) is 0 Å². The Morgan fingerprint density at radius 3 is 2.68 bits per heavy atom. The van der Waals surface area contributed by atoms with E-state index in [4.69, 9.17) is 11.1 Å². The van der Waals surface area contributed by atoms with Gasteiger partial charge >= 0.3 is 0 Å². The van der Waals surface area contributed by atoms with Crippen LogP contribution in [0.3, 0.4) is 0 Å². The number of hydrogen-bond donors (Lipinski definition) is 2. The van der Waals surface area contributed by atoms with Crippen LogP contribution in [0.5, 0.6) is 0 Å². The van der Waals surface area contributed by atoms with Crippen LogP contribution in [0.2, 0.25) is 0 Å². The fourth-order valence-corrected chi connectivity index (χ4v) is 2.69. The molecule has 4 heteroatoms. The Hall–Kier alpha value is -1.55. The number of nitrogens with one attached hydrogen (secondary N) is 1. The van der Waals surface area contributed by atoms with Gasteiger partial charge in [-0.2, -0.15) is 0 Å². The third kappa shape index (κ3) is 3.70. The Morgan fingerprint density at radius 2 is 2.00 bits per heavy atom. The number of likely N-dealkylation sites (tertiary alicyclic amines) is 1. The molecule has 104 valence electrons. The second-order valence-corrected chi connectivity index (χ2v) is 5.25. The van der Waals surface area contributed by atoms with Gasteiger partial charge in [0.25, 0.3) is 0 Å². The maximum atomic E-state index is 7.63. The van der Waals surface area contributed by atoms with Gasteiger partial charge in [0.2, 0.25) is 0 Å². The highest BCUT2D eigenvalue weighted by atomic mass is 15.1. The molecule has 1 aliphatic heterocycles. The van der Waals surface area contributed by atoms with Crippen LogP contribution >= 0.6 is 0 Å². The fraction of sp³-hybridized carbons (Fsp3) is 0.533. The van der Waals surface area contributed by atoms with E-state index < -0.39 is 0 Å². The minimum absolute atomic E-state index is 0.141. The standard InChI is InChI=1S/C15H24N4/c1-18(9-6-12-19-10-4-5-11-19)14-8-3-2-7-13(14)15(16)17/h2-3,7-8H,4-6,9-12H2,1H3,(H3,16,17). The van der Waals surface area contributed by atoms with E-state index in [2.05, 4.69) is 16.8 Å². The van der Waals surface area contributed by atoms with Gasteiger partial charge in [0.1, 0.15) is 5.84 Å². The van der Waals surface area contributed by atoms with E-state index in [9.17, 15) is 0 Å². The van der Waals surface area contributed by atoms with Gasteiger partial charge < -0.3 is 15.5 Å². The average Bonchev–Trinajstić information content (AvgIpc) is 2.91. The molecule has 1 aromatic rings. The SMILES string of the molecule is CN(CCCN1CCCC1)c1ccccc1C(=N)N. The molecule has 0 amide bonds. The van der Waals surface area contributed by atoms with Crippen LogP contribution < -0.4 is 10.6 Å². The molecule has 3 N–H and O–H groups in total. The lowest BCUT2D eigenvalue weighted by atomic mass is 10.1. The summed E-state index contributed by atoms with van der Waals surface area (Å²) in [6.07, 6.45) is 3.86. The molecule has 1 aromatic carbocycles. The predicted octanol–water partition coefficient (Wildman–Crippen LogP) is 1.89. The van der Waals surface area contributed by atoms with Crippen LogP contribution in [0.25, 0.3) is 0 Å². The van der Waals surface area contributed by atoms with Gasteiger partial charge in [0.15, 0.2) is 0 Å². The fourth-order valence-electron chi connectivity index (χ4n) is 2.69. The monoisotopic (exact) mass is 260 g/mol. The van der Waals surface area contributed by atoms with Gasteiger partial charge in [0, 0.05) is 24.8 Å². The summed E-state index contributed by atoms with van der Waals surface area (Å²) < 4.78 is 0. The maximum Gasteiger partial charge on any atom is 0.124 e. The van der Waals surface area contributed by atoms with E-state index in [-0.39, 0.29) is 5.84 Å². The molecule has 19 heavy (non-hydrogen) atoms. The Balaban J connectivity index is 1.88. The molecule has 1 saturated heterocycles. The zero-order valence-corrected chi connectivity index (χ0v) is 11.7. The quantitative estimate of drug-likeness (QED) is 0.606. The van der Waals surface area contributed by atoms with E-state index in [0.29, 0.717) is 0 Å². The van der Waals surface area contributed by atoms with Crippen molar-refractivity contribution in [2.45, 2.75) is 19.3 Å². The van der Waals surface area contributed by atoms with Crippen molar-refractivity contribution in [3.8, 4) is 0 Å². The van der Waals surface area contributed by atoms with Crippen LogP contribution in [0.1, 0.15) is 24.8 Å². The smallest absolute Gasteiger partial charge is 0.124 e. The minimum Gasteiger partial charge on any atom is -0.384 e. The Labute approximate surface area is 115 Å². The molecule has 0 aromatic heterocycles. The molecule has 0 atom stereocenters. The summed E-state index contributed by atoms with van der Waals surface area (Å²) in [4.78, 5) is 4.73. The molecule has 0 bridgehead atoms. The van der Waals surface area contributed by atoms with Gasteiger partial charge in [-0.15, -0.1) is 0 Å². The van der Waals surface area contributed by atoms with Crippen LogP contribution in [-0.4, -0.2) is 44.0 Å². The number of nitrogens with zero attached hydrogens (tertiary/aromatic N) is 2. The Kier molecular flexibility index (Phi) is 4.80. The normalized spacial score (nSPS) is 15.6. The van der Waals surface area contributed by atoms with Crippen molar-refractivity contribution in [1.29, 1.82) is 5.41 Å². The second kappa shape index (κ2) is 6.57. The largest absolute Gasteiger partial charge is 0.384 e. The van der Waals surface area contributed by atoms with Crippen molar-refractivity contribution in [3.05, 3.63) is 29.8 Å². The molecule has 0 radical (unpaired) electrons. The zero-order chi connectivity index (χ0) is 13.7. The van der Waals surface area contributed by atoms with Gasteiger partial charge in [0.05, 0.1) is 0 Å². The number of anilines is 1. The molecule has 0 unspecified atom stereocenters. The molecule has 0 aliphatic carbocycles. The molecule has 1 fully saturated rings. The van der Waals surface area contributed by atoms with Gasteiger partial charge in [-0.1, -0.05) is 12.1 Å². The predicted molar refractivity (Wildman–Crippen MR) is 81.0 cm³/mol. The first-order valence-electron chi connectivity index (χ1n) is 7.05. The van der Waals surface area contributed by atoms with Crippen LogP contribution in [0.4, 0.5) is 5.69 Å². The first kappa shape index (κ1) is 13.9. The number of rotatable bonds is 6. The highest BCUT2D eigenvalue weighted by Gasteiger charge is 2.12. The third-order valence-electron chi connectivity index (χ3n) is 3.77. The molecule has 0 saturated carbocycles. The lowest BCUT2D eigenvalue weighted by Crippen LogP contribution is -2.27. The number of hydrogen-bond acceptors (Lipinski definition) is 3. The number of para-hydroxylation sites is 1. The average molecular weight is 260 g/mol. The van der Waals surface area contributed by atoms with E-state index >= 15 is 0 Å². The number of nitrogens with two attached hydrogens (primary N) is 1. The van der Waals surface area contributed by atoms with Gasteiger partial charge in [-0.3, -0.25) is 5.41 Å². The van der Waals surface area contributed by atoms with Gasteiger partial charge in [-0.05, 0) is 51.0 Å². The molecule has 1 aliphatic rings. The zero-order valence-electron chi connectivity index (χ0n) is 11.7. The second-order valence-electron chi connectivity index (χ2n) is 5.25. The number of amidine groups is 1. The third-order valence-corrected chi connectivity index (χ3v) is 3.77. The van der Waals surface area contributed by atoms with Crippen molar-refractivity contribution < 1.29 is 0 Å². The molecule has 4 nitrogen and oxygen atoms in total. The first-order chi connectivity index (χ1) is 9.18. The lowest BCUT2D eigenvalue weighted by molar-refractivity contribution is 0.335. The Morgan fingerprint density at radius 1 is 1.32 bits per heavy atom.